The normalized spacial score (nSPS) is 14.9. The summed E-state index contributed by atoms with van der Waals surface area (Å²) in [6.45, 7) is 0. The van der Waals surface area contributed by atoms with Crippen molar-refractivity contribution in [3.05, 3.63) is 251 Å². The maximum atomic E-state index is 6.64. The molecule has 9 aromatic rings. The van der Waals surface area contributed by atoms with Gasteiger partial charge in [0.15, 0.2) is 0 Å². The minimum atomic E-state index is -0.510. The zero-order valence-electron chi connectivity index (χ0n) is 32.4. The van der Waals surface area contributed by atoms with Crippen LogP contribution in [0.5, 0.6) is 11.5 Å². The molecule has 3 heteroatoms. The molecule has 8 aromatic carbocycles. The van der Waals surface area contributed by atoms with Gasteiger partial charge in [-0.25, -0.2) is 0 Å². The van der Waals surface area contributed by atoms with Gasteiger partial charge in [-0.2, -0.15) is 0 Å². The molecule has 1 atom stereocenters. The van der Waals surface area contributed by atoms with Crippen molar-refractivity contribution in [2.75, 3.05) is 4.90 Å². The standard InChI is InChI=1S/C56H39NOS/c1-4-18-37(19-5-1)53(44-34-33-43-42-25-11-17-31-52(42)59-55(43)54(44)57(39-20-6-2-7-21-39)40-22-8-3-9-23-40)38-32-35-47-45(36-38)41-24-10-12-26-46(41)56(47)48-27-13-15-29-50(48)58-51-30-16-14-28-49(51)56/h1-8,10-22,24-36,53H,9,23H2. The van der Waals surface area contributed by atoms with Gasteiger partial charge in [0.05, 0.1) is 15.8 Å². The number of hydrogen-bond donors (Lipinski definition) is 0. The first-order valence-corrected chi connectivity index (χ1v) is 21.4. The van der Waals surface area contributed by atoms with E-state index in [1.165, 1.54) is 87.3 Å². The molecule has 0 fully saturated rings. The van der Waals surface area contributed by atoms with Gasteiger partial charge in [-0.15, -0.1) is 11.3 Å². The largest absolute Gasteiger partial charge is 0.457 e. The van der Waals surface area contributed by atoms with E-state index >= 15 is 0 Å². The fraction of sp³-hybridized carbons (Fsp3) is 0.0714. The molecule has 3 aliphatic rings. The minimum absolute atomic E-state index is 0.0602. The molecule has 0 saturated heterocycles. The van der Waals surface area contributed by atoms with Crippen LogP contribution in [-0.4, -0.2) is 0 Å². The number of nitrogens with zero attached hydrogens (tertiary/aromatic N) is 1. The molecule has 0 N–H and O–H groups in total. The van der Waals surface area contributed by atoms with E-state index in [4.69, 9.17) is 4.74 Å². The molecule has 12 rings (SSSR count). The van der Waals surface area contributed by atoms with Crippen molar-refractivity contribution in [2.45, 2.75) is 24.2 Å². The summed E-state index contributed by atoms with van der Waals surface area (Å²) in [5, 5.41) is 2.60. The lowest BCUT2D eigenvalue weighted by atomic mass is 9.66. The molecule has 1 unspecified atom stereocenters. The summed E-state index contributed by atoms with van der Waals surface area (Å²) in [5.74, 6) is 1.76. The average Bonchev–Trinajstić information content (AvgIpc) is 3.82. The SMILES string of the molecule is C1=CCCC(N(c2ccccc2)c2c(C(c3ccccc3)c3ccc4c(c3)-c3ccccc3C43c4ccccc4Oc4ccccc43)ccc3c2sc2ccccc23)=C1. The number of benzene rings is 8. The molecule has 2 nitrogen and oxygen atoms in total. The quantitative estimate of drug-likeness (QED) is 0.156. The van der Waals surface area contributed by atoms with Crippen molar-refractivity contribution < 1.29 is 4.74 Å². The summed E-state index contributed by atoms with van der Waals surface area (Å²) in [4.78, 5) is 2.57. The maximum absolute atomic E-state index is 6.64. The Balaban J connectivity index is 1.16. The first kappa shape index (κ1) is 34.1. The molecule has 1 spiro atoms. The number of anilines is 2. The molecule has 2 aliphatic carbocycles. The van der Waals surface area contributed by atoms with E-state index in [2.05, 4.69) is 211 Å². The van der Waals surface area contributed by atoms with E-state index in [1.807, 2.05) is 11.3 Å². The molecule has 0 bridgehead atoms. The van der Waals surface area contributed by atoms with Crippen molar-refractivity contribution >= 4 is 42.9 Å². The Hall–Kier alpha value is -6.94. The van der Waals surface area contributed by atoms with Crippen molar-refractivity contribution in [1.29, 1.82) is 0 Å². The number of ether oxygens (including phenoxy) is 1. The predicted molar refractivity (Wildman–Crippen MR) is 246 cm³/mol. The zero-order valence-corrected chi connectivity index (χ0v) is 33.2. The highest BCUT2D eigenvalue weighted by atomic mass is 32.1. The third kappa shape index (κ3) is 5.11. The Kier molecular flexibility index (Phi) is 7.86. The second-order valence-electron chi connectivity index (χ2n) is 15.8. The Morgan fingerprint density at radius 2 is 1.20 bits per heavy atom. The maximum Gasteiger partial charge on any atom is 0.132 e. The van der Waals surface area contributed by atoms with E-state index in [0.29, 0.717) is 0 Å². The lowest BCUT2D eigenvalue weighted by Gasteiger charge is -2.39. The van der Waals surface area contributed by atoms with E-state index in [1.54, 1.807) is 0 Å². The Morgan fingerprint density at radius 1 is 0.542 bits per heavy atom. The monoisotopic (exact) mass is 773 g/mol. The second-order valence-corrected chi connectivity index (χ2v) is 16.9. The van der Waals surface area contributed by atoms with Crippen molar-refractivity contribution in [3.8, 4) is 22.6 Å². The van der Waals surface area contributed by atoms with Gasteiger partial charge >= 0.3 is 0 Å². The minimum Gasteiger partial charge on any atom is -0.457 e. The lowest BCUT2D eigenvalue weighted by Crippen LogP contribution is -2.32. The van der Waals surface area contributed by atoms with Crippen LogP contribution in [0.25, 0.3) is 31.3 Å². The molecule has 1 aromatic heterocycles. The van der Waals surface area contributed by atoms with Crippen LogP contribution in [0.1, 0.15) is 57.7 Å². The molecule has 1 aliphatic heterocycles. The van der Waals surface area contributed by atoms with E-state index in [9.17, 15) is 0 Å². The van der Waals surface area contributed by atoms with Gasteiger partial charge in [-0.3, -0.25) is 0 Å². The number of thiophene rings is 1. The Labute approximate surface area is 348 Å². The fourth-order valence-corrected chi connectivity index (χ4v) is 11.5. The van der Waals surface area contributed by atoms with E-state index in [-0.39, 0.29) is 5.92 Å². The number of para-hydroxylation sites is 3. The second kappa shape index (κ2) is 13.6. The van der Waals surface area contributed by atoms with Crippen LogP contribution < -0.4 is 9.64 Å². The van der Waals surface area contributed by atoms with Gasteiger partial charge in [-0.05, 0) is 94.3 Å². The van der Waals surface area contributed by atoms with E-state index < -0.39 is 5.41 Å². The highest BCUT2D eigenvalue weighted by molar-refractivity contribution is 7.26. The summed E-state index contributed by atoms with van der Waals surface area (Å²) in [5.41, 5.74) is 14.6. The van der Waals surface area contributed by atoms with Gasteiger partial charge in [0, 0.05) is 43.9 Å². The van der Waals surface area contributed by atoms with Crippen molar-refractivity contribution in [3.63, 3.8) is 0 Å². The summed E-state index contributed by atoms with van der Waals surface area (Å²) in [6.07, 6.45) is 8.81. The average molecular weight is 774 g/mol. The highest BCUT2D eigenvalue weighted by Crippen LogP contribution is 2.62. The summed E-state index contributed by atoms with van der Waals surface area (Å²) < 4.78 is 9.25. The topological polar surface area (TPSA) is 12.5 Å². The van der Waals surface area contributed by atoms with Gasteiger partial charge in [0.2, 0.25) is 0 Å². The van der Waals surface area contributed by atoms with Gasteiger partial charge in [0.25, 0.3) is 0 Å². The van der Waals surface area contributed by atoms with Crippen LogP contribution in [0, 0.1) is 0 Å². The third-order valence-electron chi connectivity index (χ3n) is 12.7. The predicted octanol–water partition coefficient (Wildman–Crippen LogP) is 15.1. The summed E-state index contributed by atoms with van der Waals surface area (Å²) >= 11 is 1.91. The van der Waals surface area contributed by atoms with Gasteiger partial charge in [0.1, 0.15) is 11.5 Å². The molecular weight excluding hydrogens is 735 g/mol. The van der Waals surface area contributed by atoms with Crippen molar-refractivity contribution in [2.24, 2.45) is 0 Å². The highest BCUT2D eigenvalue weighted by Gasteiger charge is 2.51. The van der Waals surface area contributed by atoms with Crippen LogP contribution in [0.3, 0.4) is 0 Å². The zero-order chi connectivity index (χ0) is 38.9. The first-order valence-electron chi connectivity index (χ1n) is 20.6. The number of allylic oxidation sites excluding steroid dienone is 4. The smallest absolute Gasteiger partial charge is 0.132 e. The van der Waals surface area contributed by atoms with Crippen LogP contribution >= 0.6 is 11.3 Å². The Bertz CT molecular complexity index is 3110. The fourth-order valence-electron chi connectivity index (χ4n) is 10.3. The third-order valence-corrected chi connectivity index (χ3v) is 13.9. The number of fused-ring (bicyclic) bond motifs is 12. The van der Waals surface area contributed by atoms with Crippen LogP contribution in [0.4, 0.5) is 11.4 Å². The number of hydrogen-bond acceptors (Lipinski definition) is 3. The van der Waals surface area contributed by atoms with Gasteiger partial charge in [-0.1, -0.05) is 164 Å². The molecule has 59 heavy (non-hydrogen) atoms. The van der Waals surface area contributed by atoms with Crippen LogP contribution in [0.2, 0.25) is 0 Å². The first-order chi connectivity index (χ1) is 29.3. The van der Waals surface area contributed by atoms with Crippen LogP contribution in [0.15, 0.2) is 212 Å². The summed E-state index contributed by atoms with van der Waals surface area (Å²) in [6, 6.07) is 69.5. The van der Waals surface area contributed by atoms with Crippen molar-refractivity contribution in [1.82, 2.24) is 0 Å². The Morgan fingerprint density at radius 3 is 1.97 bits per heavy atom. The molecular formula is C56H39NOS. The molecule has 0 amide bonds. The molecule has 2 heterocycles. The van der Waals surface area contributed by atoms with E-state index in [0.717, 1.165) is 24.3 Å². The molecule has 0 radical (unpaired) electrons. The summed E-state index contributed by atoms with van der Waals surface area (Å²) in [7, 11) is 0. The van der Waals surface area contributed by atoms with Crippen LogP contribution in [-0.2, 0) is 5.41 Å². The molecule has 0 saturated carbocycles. The number of rotatable bonds is 6. The lowest BCUT2D eigenvalue weighted by molar-refractivity contribution is 0.436. The molecule has 280 valence electrons. The van der Waals surface area contributed by atoms with Gasteiger partial charge < -0.3 is 9.64 Å².